The number of anilines is 2. The molecule has 0 unspecified atom stereocenters. The first-order valence-electron chi connectivity index (χ1n) is 8.13. The molecule has 0 saturated heterocycles. The fraction of sp³-hybridized carbons (Fsp3) is 0.389. The second-order valence-corrected chi connectivity index (χ2v) is 6.53. The lowest BCUT2D eigenvalue weighted by atomic mass is 10.1. The summed E-state index contributed by atoms with van der Waals surface area (Å²) in [5.41, 5.74) is 0.985. The number of methoxy groups -OCH3 is 1. The molecule has 0 aliphatic heterocycles. The number of ether oxygens (including phenoxy) is 1. The Labute approximate surface area is 153 Å². The first-order valence-corrected chi connectivity index (χ1v) is 8.51. The Morgan fingerprint density at radius 2 is 2.04 bits per heavy atom. The Bertz CT molecular complexity index is 750. The SMILES string of the molecule is COc1ccc(Cl)cc1Nc1cc(C(=O)NCCC(C)C)nc(C)n1. The van der Waals surface area contributed by atoms with E-state index in [4.69, 9.17) is 16.3 Å². The van der Waals surface area contributed by atoms with Crippen LogP contribution in [0, 0.1) is 12.8 Å². The number of hydrogen-bond acceptors (Lipinski definition) is 5. The van der Waals surface area contributed by atoms with Crippen molar-refractivity contribution in [3.05, 3.63) is 40.8 Å². The minimum atomic E-state index is -0.216. The summed E-state index contributed by atoms with van der Waals surface area (Å²) in [5, 5.41) is 6.58. The van der Waals surface area contributed by atoms with Crippen molar-refractivity contribution in [2.24, 2.45) is 5.92 Å². The summed E-state index contributed by atoms with van der Waals surface area (Å²) in [7, 11) is 1.58. The van der Waals surface area contributed by atoms with Crippen molar-refractivity contribution < 1.29 is 9.53 Å². The molecule has 2 N–H and O–H groups in total. The van der Waals surface area contributed by atoms with Crippen molar-refractivity contribution in [2.45, 2.75) is 27.2 Å². The van der Waals surface area contributed by atoms with Crippen molar-refractivity contribution in [3.8, 4) is 5.75 Å². The van der Waals surface area contributed by atoms with Crippen LogP contribution in [-0.4, -0.2) is 29.5 Å². The van der Waals surface area contributed by atoms with E-state index >= 15 is 0 Å². The van der Waals surface area contributed by atoms with Crippen molar-refractivity contribution in [3.63, 3.8) is 0 Å². The van der Waals surface area contributed by atoms with Gasteiger partial charge in [0.05, 0.1) is 12.8 Å². The summed E-state index contributed by atoms with van der Waals surface area (Å²) in [5.74, 6) is 1.94. The normalized spacial score (nSPS) is 10.6. The third-order valence-electron chi connectivity index (χ3n) is 3.50. The molecule has 25 heavy (non-hydrogen) atoms. The average Bonchev–Trinajstić information content (AvgIpc) is 2.54. The minimum absolute atomic E-state index is 0.216. The molecule has 0 radical (unpaired) electrons. The number of aromatic nitrogens is 2. The molecule has 0 fully saturated rings. The van der Waals surface area contributed by atoms with E-state index in [9.17, 15) is 4.79 Å². The summed E-state index contributed by atoms with van der Waals surface area (Å²) in [4.78, 5) is 20.8. The van der Waals surface area contributed by atoms with Gasteiger partial charge in [0, 0.05) is 17.6 Å². The van der Waals surface area contributed by atoms with Gasteiger partial charge in [-0.2, -0.15) is 0 Å². The van der Waals surface area contributed by atoms with Gasteiger partial charge in [0.25, 0.3) is 5.91 Å². The first kappa shape index (κ1) is 19.0. The van der Waals surface area contributed by atoms with Gasteiger partial charge in [-0.15, -0.1) is 0 Å². The number of rotatable bonds is 7. The number of carbonyl (C=O) groups is 1. The van der Waals surface area contributed by atoms with Crippen LogP contribution in [0.4, 0.5) is 11.5 Å². The number of amides is 1. The van der Waals surface area contributed by atoms with Gasteiger partial charge in [-0.05, 0) is 37.5 Å². The smallest absolute Gasteiger partial charge is 0.270 e. The number of aryl methyl sites for hydroxylation is 1. The first-order chi connectivity index (χ1) is 11.9. The van der Waals surface area contributed by atoms with Gasteiger partial charge in [-0.1, -0.05) is 25.4 Å². The van der Waals surface area contributed by atoms with E-state index in [2.05, 4.69) is 34.4 Å². The largest absolute Gasteiger partial charge is 0.495 e. The van der Waals surface area contributed by atoms with Crippen LogP contribution in [0.1, 0.15) is 36.6 Å². The maximum absolute atomic E-state index is 12.3. The molecule has 0 spiro atoms. The van der Waals surface area contributed by atoms with Crippen LogP contribution in [0.2, 0.25) is 5.02 Å². The highest BCUT2D eigenvalue weighted by Crippen LogP contribution is 2.30. The third kappa shape index (κ3) is 5.60. The third-order valence-corrected chi connectivity index (χ3v) is 3.74. The summed E-state index contributed by atoms with van der Waals surface area (Å²) in [6.45, 7) is 6.58. The second kappa shape index (κ2) is 8.67. The van der Waals surface area contributed by atoms with Crippen LogP contribution < -0.4 is 15.4 Å². The standard InChI is InChI=1S/C18H23ClN4O2/c1-11(2)7-8-20-18(24)15-10-17(22-12(3)21-15)23-14-9-13(19)5-6-16(14)25-4/h5-6,9-11H,7-8H2,1-4H3,(H,20,24)(H,21,22,23). The van der Waals surface area contributed by atoms with Crippen LogP contribution in [0.5, 0.6) is 5.75 Å². The Morgan fingerprint density at radius 3 is 2.72 bits per heavy atom. The molecule has 134 valence electrons. The molecule has 0 aliphatic carbocycles. The molecule has 1 heterocycles. The summed E-state index contributed by atoms with van der Waals surface area (Å²) in [6, 6.07) is 6.85. The molecule has 2 rings (SSSR count). The van der Waals surface area contributed by atoms with Crippen LogP contribution in [0.3, 0.4) is 0 Å². The highest BCUT2D eigenvalue weighted by molar-refractivity contribution is 6.31. The maximum atomic E-state index is 12.3. The molecule has 0 saturated carbocycles. The second-order valence-electron chi connectivity index (χ2n) is 6.09. The van der Waals surface area contributed by atoms with E-state index in [0.29, 0.717) is 46.3 Å². The highest BCUT2D eigenvalue weighted by atomic mass is 35.5. The van der Waals surface area contributed by atoms with Gasteiger partial charge in [0.1, 0.15) is 23.1 Å². The predicted octanol–water partition coefficient (Wildman–Crippen LogP) is 3.97. The van der Waals surface area contributed by atoms with Gasteiger partial charge >= 0.3 is 0 Å². The number of halogens is 1. The van der Waals surface area contributed by atoms with Crippen molar-refractivity contribution in [1.82, 2.24) is 15.3 Å². The summed E-state index contributed by atoms with van der Waals surface area (Å²) >= 11 is 6.04. The van der Waals surface area contributed by atoms with Gasteiger partial charge in [-0.25, -0.2) is 9.97 Å². The van der Waals surface area contributed by atoms with Gasteiger partial charge in [-0.3, -0.25) is 4.79 Å². The highest BCUT2D eigenvalue weighted by Gasteiger charge is 2.12. The summed E-state index contributed by atoms with van der Waals surface area (Å²) in [6.07, 6.45) is 0.917. The van der Waals surface area contributed by atoms with E-state index < -0.39 is 0 Å². The Morgan fingerprint density at radius 1 is 1.28 bits per heavy atom. The topological polar surface area (TPSA) is 76.1 Å². The van der Waals surface area contributed by atoms with Crippen LogP contribution in [-0.2, 0) is 0 Å². The molecule has 0 atom stereocenters. The Hall–Kier alpha value is -2.34. The molecule has 1 amide bonds. The predicted molar refractivity (Wildman–Crippen MR) is 99.8 cm³/mol. The van der Waals surface area contributed by atoms with E-state index in [-0.39, 0.29) is 5.91 Å². The lowest BCUT2D eigenvalue weighted by molar-refractivity contribution is 0.0946. The van der Waals surface area contributed by atoms with Gasteiger partial charge in [0.15, 0.2) is 0 Å². The van der Waals surface area contributed by atoms with Crippen molar-refractivity contribution in [1.29, 1.82) is 0 Å². The maximum Gasteiger partial charge on any atom is 0.270 e. The van der Waals surface area contributed by atoms with Gasteiger partial charge < -0.3 is 15.4 Å². The van der Waals surface area contributed by atoms with E-state index in [1.54, 1.807) is 38.3 Å². The molecule has 2 aromatic rings. The Kier molecular flexibility index (Phi) is 6.58. The minimum Gasteiger partial charge on any atom is -0.495 e. The zero-order chi connectivity index (χ0) is 18.4. The van der Waals surface area contributed by atoms with Crippen LogP contribution in [0.15, 0.2) is 24.3 Å². The fourth-order valence-electron chi connectivity index (χ4n) is 2.23. The molecule has 1 aromatic carbocycles. The van der Waals surface area contributed by atoms with Crippen LogP contribution in [0.25, 0.3) is 0 Å². The summed E-state index contributed by atoms with van der Waals surface area (Å²) < 4.78 is 5.31. The number of hydrogen-bond donors (Lipinski definition) is 2. The zero-order valence-corrected chi connectivity index (χ0v) is 15.6. The molecule has 1 aromatic heterocycles. The van der Waals surface area contributed by atoms with E-state index in [1.807, 2.05) is 0 Å². The number of nitrogens with one attached hydrogen (secondary N) is 2. The van der Waals surface area contributed by atoms with E-state index in [0.717, 1.165) is 6.42 Å². The number of carbonyl (C=O) groups excluding carboxylic acids is 1. The van der Waals surface area contributed by atoms with Crippen molar-refractivity contribution >= 4 is 29.0 Å². The number of benzene rings is 1. The molecule has 7 heteroatoms. The quantitative estimate of drug-likeness (QED) is 0.779. The Balaban J connectivity index is 2.19. The fourth-order valence-corrected chi connectivity index (χ4v) is 2.40. The molecule has 6 nitrogen and oxygen atoms in total. The number of nitrogens with zero attached hydrogens (tertiary/aromatic N) is 2. The lowest BCUT2D eigenvalue weighted by Gasteiger charge is -2.12. The molecule has 0 bridgehead atoms. The molecular weight excluding hydrogens is 340 g/mol. The zero-order valence-electron chi connectivity index (χ0n) is 14.9. The lowest BCUT2D eigenvalue weighted by Crippen LogP contribution is -2.26. The monoisotopic (exact) mass is 362 g/mol. The van der Waals surface area contributed by atoms with Crippen molar-refractivity contribution in [2.75, 3.05) is 19.0 Å². The molecule has 0 aliphatic rings. The molecular formula is C18H23ClN4O2. The average molecular weight is 363 g/mol. The van der Waals surface area contributed by atoms with E-state index in [1.165, 1.54) is 0 Å². The van der Waals surface area contributed by atoms with Crippen LogP contribution >= 0.6 is 11.6 Å². The van der Waals surface area contributed by atoms with Gasteiger partial charge in [0.2, 0.25) is 0 Å².